The first kappa shape index (κ1) is 15.9. The molecular formula is C17H21N5S2. The van der Waals surface area contributed by atoms with Crippen molar-refractivity contribution in [1.29, 1.82) is 0 Å². The number of likely N-dealkylation sites (tertiary alicyclic amines) is 1. The fourth-order valence-corrected chi connectivity index (χ4v) is 4.75. The first-order valence-corrected chi connectivity index (χ1v) is 9.70. The van der Waals surface area contributed by atoms with Gasteiger partial charge in [0, 0.05) is 13.1 Å². The first-order valence-electron chi connectivity index (χ1n) is 8.48. The number of hydrogen-bond donors (Lipinski definition) is 0. The van der Waals surface area contributed by atoms with E-state index in [1.165, 1.54) is 22.5 Å². The summed E-state index contributed by atoms with van der Waals surface area (Å²) < 4.78 is 6.01. The smallest absolute Gasteiger partial charge is 0.198 e. The molecule has 1 aliphatic rings. The highest BCUT2D eigenvalue weighted by molar-refractivity contribution is 7.71. The fraction of sp³-hybridized carbons (Fsp3) is 0.471. The Morgan fingerprint density at radius 1 is 1.29 bits per heavy atom. The Kier molecular flexibility index (Phi) is 4.47. The third-order valence-corrected chi connectivity index (χ3v) is 6.25. The fourth-order valence-electron chi connectivity index (χ4n) is 3.33. The van der Waals surface area contributed by atoms with Crippen molar-refractivity contribution in [1.82, 2.24) is 24.2 Å². The van der Waals surface area contributed by atoms with Gasteiger partial charge in [-0.15, -0.1) is 11.3 Å². The SMILES string of the molecule is CCn1cnn(CN2CCCCC2c2nc3ccccc3s2)c1=S. The zero-order valence-corrected chi connectivity index (χ0v) is 15.4. The van der Waals surface area contributed by atoms with Gasteiger partial charge in [0.15, 0.2) is 4.77 Å². The highest BCUT2D eigenvalue weighted by Crippen LogP contribution is 2.35. The number of aryl methyl sites for hydroxylation is 1. The van der Waals surface area contributed by atoms with Crippen molar-refractivity contribution in [3.63, 3.8) is 0 Å². The molecule has 0 radical (unpaired) electrons. The second kappa shape index (κ2) is 6.74. The van der Waals surface area contributed by atoms with E-state index in [0.717, 1.165) is 36.5 Å². The minimum absolute atomic E-state index is 0.366. The topological polar surface area (TPSA) is 38.9 Å². The Bertz CT molecular complexity index is 861. The van der Waals surface area contributed by atoms with Crippen LogP contribution in [0.25, 0.3) is 10.2 Å². The largest absolute Gasteiger partial charge is 0.307 e. The quantitative estimate of drug-likeness (QED) is 0.654. The minimum atomic E-state index is 0.366. The summed E-state index contributed by atoms with van der Waals surface area (Å²) in [6.45, 7) is 4.76. The Labute approximate surface area is 150 Å². The number of hydrogen-bond acceptors (Lipinski definition) is 5. The Morgan fingerprint density at radius 3 is 2.96 bits per heavy atom. The van der Waals surface area contributed by atoms with Crippen LogP contribution in [0, 0.1) is 4.77 Å². The van der Waals surface area contributed by atoms with Crippen LogP contribution in [0.15, 0.2) is 30.6 Å². The second-order valence-electron chi connectivity index (χ2n) is 6.18. The first-order chi connectivity index (χ1) is 11.8. The van der Waals surface area contributed by atoms with Gasteiger partial charge in [-0.2, -0.15) is 5.10 Å². The van der Waals surface area contributed by atoms with Crippen molar-refractivity contribution >= 4 is 33.8 Å². The molecule has 1 unspecified atom stereocenters. The lowest BCUT2D eigenvalue weighted by atomic mass is 10.0. The van der Waals surface area contributed by atoms with Crippen LogP contribution in [0.1, 0.15) is 37.2 Å². The van der Waals surface area contributed by atoms with Gasteiger partial charge >= 0.3 is 0 Å². The Morgan fingerprint density at radius 2 is 2.17 bits per heavy atom. The Hall–Kier alpha value is -1.57. The van der Waals surface area contributed by atoms with Crippen molar-refractivity contribution in [2.24, 2.45) is 0 Å². The van der Waals surface area contributed by atoms with Crippen LogP contribution in [0.5, 0.6) is 0 Å². The van der Waals surface area contributed by atoms with E-state index in [4.69, 9.17) is 17.2 Å². The maximum Gasteiger partial charge on any atom is 0.198 e. The maximum atomic E-state index is 5.52. The van der Waals surface area contributed by atoms with Crippen molar-refractivity contribution in [3.8, 4) is 0 Å². The molecule has 0 spiro atoms. The Balaban J connectivity index is 1.62. The molecule has 1 aliphatic heterocycles. The van der Waals surface area contributed by atoms with E-state index in [1.807, 2.05) is 26.9 Å². The van der Waals surface area contributed by atoms with E-state index >= 15 is 0 Å². The third-order valence-electron chi connectivity index (χ3n) is 4.66. The van der Waals surface area contributed by atoms with Gasteiger partial charge in [-0.3, -0.25) is 4.90 Å². The van der Waals surface area contributed by atoms with Gasteiger partial charge in [0.05, 0.1) is 22.9 Å². The number of para-hydroxylation sites is 1. The van der Waals surface area contributed by atoms with Crippen molar-refractivity contribution in [2.75, 3.05) is 6.54 Å². The molecule has 0 saturated carbocycles. The normalized spacial score (nSPS) is 19.1. The standard InChI is InChI=1S/C17H21N5S2/c1-2-20-11-18-22(17(20)23)12-21-10-6-5-8-14(21)16-19-13-7-3-4-9-15(13)24-16/h3-4,7,9,11,14H,2,5-6,8,10,12H2,1H3. The number of fused-ring (bicyclic) bond motifs is 1. The van der Waals surface area contributed by atoms with Gasteiger partial charge in [-0.1, -0.05) is 18.6 Å². The molecule has 4 rings (SSSR count). The molecule has 1 saturated heterocycles. The van der Waals surface area contributed by atoms with Crippen LogP contribution < -0.4 is 0 Å². The number of aromatic nitrogens is 4. The second-order valence-corrected chi connectivity index (χ2v) is 7.61. The molecule has 3 aromatic rings. The lowest BCUT2D eigenvalue weighted by Gasteiger charge is -2.34. The highest BCUT2D eigenvalue weighted by atomic mass is 32.1. The predicted octanol–water partition coefficient (Wildman–Crippen LogP) is 4.23. The van der Waals surface area contributed by atoms with Gasteiger partial charge in [0.1, 0.15) is 11.3 Å². The minimum Gasteiger partial charge on any atom is -0.307 e. The third kappa shape index (κ3) is 2.92. The maximum absolute atomic E-state index is 5.52. The predicted molar refractivity (Wildman–Crippen MR) is 99.6 cm³/mol. The molecule has 1 atom stereocenters. The van der Waals surface area contributed by atoms with Gasteiger partial charge < -0.3 is 4.57 Å². The van der Waals surface area contributed by atoms with Crippen molar-refractivity contribution in [3.05, 3.63) is 40.4 Å². The molecule has 5 nitrogen and oxygen atoms in total. The summed E-state index contributed by atoms with van der Waals surface area (Å²) in [5.41, 5.74) is 1.11. The van der Waals surface area contributed by atoms with E-state index in [2.05, 4.69) is 41.2 Å². The molecule has 126 valence electrons. The summed E-state index contributed by atoms with van der Waals surface area (Å²) >= 11 is 7.34. The van der Waals surface area contributed by atoms with E-state index in [1.54, 1.807) is 0 Å². The number of nitrogens with zero attached hydrogens (tertiary/aromatic N) is 5. The van der Waals surface area contributed by atoms with Crippen molar-refractivity contribution < 1.29 is 0 Å². The highest BCUT2D eigenvalue weighted by Gasteiger charge is 2.27. The van der Waals surface area contributed by atoms with Crippen molar-refractivity contribution in [2.45, 2.75) is 45.4 Å². The van der Waals surface area contributed by atoms with E-state index in [0.29, 0.717) is 6.04 Å². The van der Waals surface area contributed by atoms with Gasteiger partial charge in [0.2, 0.25) is 0 Å². The number of benzene rings is 1. The molecule has 7 heteroatoms. The zero-order valence-electron chi connectivity index (χ0n) is 13.8. The number of thiazole rings is 1. The molecule has 1 fully saturated rings. The molecule has 2 aromatic heterocycles. The molecular weight excluding hydrogens is 338 g/mol. The lowest BCUT2D eigenvalue weighted by Crippen LogP contribution is -2.35. The summed E-state index contributed by atoms with van der Waals surface area (Å²) in [6, 6.07) is 8.76. The molecule has 1 aromatic carbocycles. The molecule has 0 N–H and O–H groups in total. The summed E-state index contributed by atoms with van der Waals surface area (Å²) in [4.78, 5) is 7.36. The summed E-state index contributed by atoms with van der Waals surface area (Å²) in [5, 5.41) is 5.69. The van der Waals surface area contributed by atoms with E-state index < -0.39 is 0 Å². The van der Waals surface area contributed by atoms with Crippen LogP contribution in [0.3, 0.4) is 0 Å². The van der Waals surface area contributed by atoms with Gasteiger partial charge in [-0.05, 0) is 44.1 Å². The molecule has 3 heterocycles. The molecule has 0 aliphatic carbocycles. The monoisotopic (exact) mass is 359 g/mol. The van der Waals surface area contributed by atoms with E-state index in [9.17, 15) is 0 Å². The molecule has 0 amide bonds. The van der Waals surface area contributed by atoms with Crippen LogP contribution in [0.2, 0.25) is 0 Å². The summed E-state index contributed by atoms with van der Waals surface area (Å²) in [6.07, 6.45) is 5.47. The van der Waals surface area contributed by atoms with Crippen LogP contribution in [-0.4, -0.2) is 30.8 Å². The lowest BCUT2D eigenvalue weighted by molar-refractivity contribution is 0.103. The van der Waals surface area contributed by atoms with E-state index in [-0.39, 0.29) is 0 Å². The van der Waals surface area contributed by atoms with Crippen LogP contribution in [0.4, 0.5) is 0 Å². The molecule has 0 bridgehead atoms. The van der Waals surface area contributed by atoms with Crippen LogP contribution in [-0.2, 0) is 13.2 Å². The number of rotatable bonds is 4. The average molecular weight is 360 g/mol. The summed E-state index contributed by atoms with van der Waals surface area (Å²) in [7, 11) is 0. The number of piperidine rings is 1. The van der Waals surface area contributed by atoms with Gasteiger partial charge in [-0.25, -0.2) is 9.67 Å². The zero-order chi connectivity index (χ0) is 16.5. The van der Waals surface area contributed by atoms with Crippen LogP contribution >= 0.6 is 23.6 Å². The van der Waals surface area contributed by atoms with Gasteiger partial charge in [0.25, 0.3) is 0 Å². The average Bonchev–Trinajstić information content (AvgIpc) is 3.19. The summed E-state index contributed by atoms with van der Waals surface area (Å²) in [5.74, 6) is 0. The molecule has 24 heavy (non-hydrogen) atoms.